The van der Waals surface area contributed by atoms with Gasteiger partial charge in [-0.3, -0.25) is 24.1 Å². The Morgan fingerprint density at radius 3 is 2.07 bits per heavy atom. The van der Waals surface area contributed by atoms with Crippen molar-refractivity contribution in [3.63, 3.8) is 0 Å². The molecular formula is C59H80N6O10S. The van der Waals surface area contributed by atoms with Crippen LogP contribution in [0.15, 0.2) is 90.4 Å². The Kier molecular flexibility index (Phi) is 20.4. The van der Waals surface area contributed by atoms with Crippen molar-refractivity contribution >= 4 is 47.0 Å². The standard InChI is InChI=1S/C59H80N6O10S/c1-13-37(2)51(49(72-11)34-50(67)65-30-21-28-47(65)52(73-12)38(3)48(66)33-40(53-60-29-31-76-53)32-39-22-15-14-16-23-39)63(9)54(68)46(35-61-56(70)75-58(4,5)6)62-55(69)59(7,8)64(10)57(71)74-36-45-43-26-19-17-24-41(43)42-25-18-20-27-44(42)45/h14-20,22-27,29,31,37-38,40,45-47,49,51-52H,13,21,28,30,32-36H2,1-12H3,(H,61,70)(H,62,69)/t37-,38-,40+,46-,47-,49+,51?,52+/m0/s1. The topological polar surface area (TPSA) is 186 Å². The highest BCUT2D eigenvalue weighted by atomic mass is 32.1. The van der Waals surface area contributed by atoms with Gasteiger partial charge in [-0.05, 0) is 87.6 Å². The third-order valence-electron chi connectivity index (χ3n) is 15.4. The lowest BCUT2D eigenvalue weighted by atomic mass is 9.85. The van der Waals surface area contributed by atoms with Crippen LogP contribution in [0.5, 0.6) is 0 Å². The minimum Gasteiger partial charge on any atom is -0.448 e. The fraction of sp³-hybridized carbons (Fsp3) is 0.542. The number of alkyl carbamates (subject to hydrolysis) is 1. The van der Waals surface area contributed by atoms with Gasteiger partial charge in [-0.2, -0.15) is 0 Å². The number of fused-ring (bicyclic) bond motifs is 3. The van der Waals surface area contributed by atoms with E-state index in [1.54, 1.807) is 59.9 Å². The van der Waals surface area contributed by atoms with Gasteiger partial charge in [0, 0.05) is 70.6 Å². The van der Waals surface area contributed by atoms with Crippen LogP contribution in [0.3, 0.4) is 0 Å². The van der Waals surface area contributed by atoms with Crippen LogP contribution >= 0.6 is 11.3 Å². The number of thiazole rings is 1. The van der Waals surface area contributed by atoms with E-state index in [0.717, 1.165) is 39.2 Å². The van der Waals surface area contributed by atoms with Gasteiger partial charge in [0.2, 0.25) is 17.7 Å². The lowest BCUT2D eigenvalue weighted by Crippen LogP contribution is -2.63. The average molecular weight is 1070 g/mol. The number of ether oxygens (including phenoxy) is 4. The number of nitrogens with one attached hydrogen (secondary N) is 2. The molecule has 2 aliphatic rings. The molecule has 6 rings (SSSR count). The van der Waals surface area contributed by atoms with Gasteiger partial charge < -0.3 is 39.4 Å². The summed E-state index contributed by atoms with van der Waals surface area (Å²) < 4.78 is 23.7. The fourth-order valence-corrected chi connectivity index (χ4v) is 11.4. The highest BCUT2D eigenvalue weighted by Gasteiger charge is 2.45. The molecule has 3 aromatic carbocycles. The summed E-state index contributed by atoms with van der Waals surface area (Å²) in [5, 5.41) is 8.31. The number of likely N-dealkylation sites (N-methyl/N-ethyl adjacent to an activating group) is 2. The van der Waals surface area contributed by atoms with Crippen LogP contribution in [0, 0.1) is 11.8 Å². The number of Topliss-reactive ketones (excluding diaryl/α,β-unsaturated/α-hetero) is 1. The van der Waals surface area contributed by atoms with E-state index in [0.29, 0.717) is 25.8 Å². The van der Waals surface area contributed by atoms with Gasteiger partial charge >= 0.3 is 12.2 Å². The van der Waals surface area contributed by atoms with Crippen molar-refractivity contribution in [2.75, 3.05) is 48.0 Å². The molecule has 5 amide bonds. The molecule has 1 aromatic heterocycles. The van der Waals surface area contributed by atoms with Gasteiger partial charge in [0.15, 0.2) is 0 Å². The van der Waals surface area contributed by atoms with E-state index in [1.807, 2.05) is 92.9 Å². The molecule has 16 nitrogen and oxygen atoms in total. The van der Waals surface area contributed by atoms with Gasteiger partial charge in [-0.25, -0.2) is 14.6 Å². The van der Waals surface area contributed by atoms with Crippen molar-refractivity contribution in [1.82, 2.24) is 30.3 Å². The molecule has 8 atom stereocenters. The molecule has 0 radical (unpaired) electrons. The zero-order chi connectivity index (χ0) is 55.5. The Morgan fingerprint density at radius 2 is 1.49 bits per heavy atom. The SMILES string of the molecule is CC[C@H](C)C([C@@H](CC(=O)N1CCC[C@H]1[C@H](OC)[C@@H](C)C(=O)C[C@@H](Cc1ccccc1)c1nccs1)OC)N(C)C(=O)[C@H](CNC(=O)OC(C)(C)C)NC(=O)C(C)(C)N(C)C(=O)OCC1c2ccccc2-c2ccccc21. The molecule has 1 unspecified atom stereocenters. The number of benzene rings is 3. The number of rotatable bonds is 24. The highest BCUT2D eigenvalue weighted by Crippen LogP contribution is 2.44. The first-order chi connectivity index (χ1) is 36.1. The fourth-order valence-electron chi connectivity index (χ4n) is 10.7. The number of aromatic nitrogens is 1. The number of carbonyl (C=O) groups is 6. The summed E-state index contributed by atoms with van der Waals surface area (Å²) >= 11 is 1.54. The van der Waals surface area contributed by atoms with Crippen LogP contribution in [-0.2, 0) is 44.5 Å². The molecule has 412 valence electrons. The summed E-state index contributed by atoms with van der Waals surface area (Å²) in [6.07, 6.45) is 1.66. The maximum absolute atomic E-state index is 15.0. The molecule has 4 aromatic rings. The maximum Gasteiger partial charge on any atom is 0.410 e. The molecule has 1 aliphatic heterocycles. The third-order valence-corrected chi connectivity index (χ3v) is 16.3. The van der Waals surface area contributed by atoms with Gasteiger partial charge in [-0.15, -0.1) is 11.3 Å². The predicted molar refractivity (Wildman–Crippen MR) is 294 cm³/mol. The van der Waals surface area contributed by atoms with E-state index >= 15 is 0 Å². The second-order valence-corrected chi connectivity index (χ2v) is 22.8. The first kappa shape index (κ1) is 59.1. The van der Waals surface area contributed by atoms with E-state index in [4.69, 9.17) is 18.9 Å². The number of amides is 5. The molecule has 1 saturated heterocycles. The zero-order valence-electron chi connectivity index (χ0n) is 46.5. The largest absolute Gasteiger partial charge is 0.448 e. The lowest BCUT2D eigenvalue weighted by molar-refractivity contribution is -0.147. The van der Waals surface area contributed by atoms with Crippen LogP contribution in [0.2, 0.25) is 0 Å². The van der Waals surface area contributed by atoms with Crippen molar-refractivity contribution in [3.05, 3.63) is 112 Å². The monoisotopic (exact) mass is 1060 g/mol. The van der Waals surface area contributed by atoms with Gasteiger partial charge in [0.1, 0.15) is 29.6 Å². The number of carbonyl (C=O) groups excluding carboxylic acids is 6. The zero-order valence-corrected chi connectivity index (χ0v) is 47.3. The first-order valence-corrected chi connectivity index (χ1v) is 27.4. The number of hydrogen-bond donors (Lipinski definition) is 2. The number of ketones is 1. The molecule has 17 heteroatoms. The number of hydrogen-bond acceptors (Lipinski definition) is 12. The maximum atomic E-state index is 15.0. The molecule has 0 spiro atoms. The second-order valence-electron chi connectivity index (χ2n) is 21.8. The normalized spacial score (nSPS) is 17.2. The summed E-state index contributed by atoms with van der Waals surface area (Å²) in [5.41, 5.74) is 2.95. The summed E-state index contributed by atoms with van der Waals surface area (Å²) in [6, 6.07) is 23.6. The van der Waals surface area contributed by atoms with Crippen molar-refractivity contribution in [2.24, 2.45) is 11.8 Å². The Hall–Kier alpha value is -6.17. The van der Waals surface area contributed by atoms with Crippen LogP contribution in [0.4, 0.5) is 9.59 Å². The summed E-state index contributed by atoms with van der Waals surface area (Å²) in [5.74, 6) is -2.48. The third kappa shape index (κ3) is 14.2. The first-order valence-electron chi connectivity index (χ1n) is 26.6. The van der Waals surface area contributed by atoms with E-state index in [-0.39, 0.29) is 61.5 Å². The Morgan fingerprint density at radius 1 is 0.855 bits per heavy atom. The number of nitrogens with zero attached hydrogens (tertiary/aromatic N) is 4. The van der Waals surface area contributed by atoms with Crippen LogP contribution in [0.25, 0.3) is 11.1 Å². The summed E-state index contributed by atoms with van der Waals surface area (Å²) in [7, 11) is 6.15. The van der Waals surface area contributed by atoms with Crippen LogP contribution in [-0.4, -0.2) is 145 Å². The van der Waals surface area contributed by atoms with Gasteiger partial charge in [0.25, 0.3) is 0 Å². The molecule has 2 heterocycles. The molecule has 1 aliphatic carbocycles. The van der Waals surface area contributed by atoms with E-state index in [2.05, 4.69) is 27.8 Å². The van der Waals surface area contributed by atoms with Crippen LogP contribution in [0.1, 0.15) is 121 Å². The van der Waals surface area contributed by atoms with Crippen molar-refractivity contribution in [3.8, 4) is 11.1 Å². The quantitative estimate of drug-likeness (QED) is 0.0682. The minimum atomic E-state index is -1.55. The van der Waals surface area contributed by atoms with E-state index < -0.39 is 65.4 Å². The van der Waals surface area contributed by atoms with Crippen LogP contribution < -0.4 is 10.6 Å². The van der Waals surface area contributed by atoms with Crippen molar-refractivity contribution in [1.29, 1.82) is 0 Å². The molecule has 76 heavy (non-hydrogen) atoms. The highest BCUT2D eigenvalue weighted by molar-refractivity contribution is 7.09. The van der Waals surface area contributed by atoms with Crippen molar-refractivity contribution < 1.29 is 47.7 Å². The minimum absolute atomic E-state index is 0.0316. The Bertz CT molecular complexity index is 2560. The van der Waals surface area contributed by atoms with E-state index in [1.165, 1.54) is 35.3 Å². The average Bonchev–Trinajstić information content (AvgIpc) is 4.19. The summed E-state index contributed by atoms with van der Waals surface area (Å²) in [4.78, 5) is 94.2. The molecular weight excluding hydrogens is 985 g/mol. The molecule has 0 saturated carbocycles. The van der Waals surface area contributed by atoms with E-state index in [9.17, 15) is 28.8 Å². The predicted octanol–water partition coefficient (Wildman–Crippen LogP) is 9.02. The smallest absolute Gasteiger partial charge is 0.410 e. The second kappa shape index (κ2) is 26.3. The number of methoxy groups -OCH3 is 2. The molecule has 1 fully saturated rings. The Balaban J connectivity index is 1.16. The van der Waals surface area contributed by atoms with Gasteiger partial charge in [0.05, 0.1) is 42.3 Å². The Labute approximate surface area is 453 Å². The number of likely N-dealkylation sites (tertiary alicyclic amines) is 1. The summed E-state index contributed by atoms with van der Waals surface area (Å²) in [6.45, 7) is 14.2. The molecule has 0 bridgehead atoms. The van der Waals surface area contributed by atoms with Gasteiger partial charge in [-0.1, -0.05) is 106 Å². The van der Waals surface area contributed by atoms with Crippen molar-refractivity contribution in [2.45, 2.75) is 147 Å². The molecule has 2 N–H and O–H groups in total. The lowest BCUT2D eigenvalue weighted by Gasteiger charge is -2.41.